The van der Waals surface area contributed by atoms with Crippen LogP contribution in [0.4, 0.5) is 10.5 Å². The van der Waals surface area contributed by atoms with Gasteiger partial charge in [-0.05, 0) is 68.7 Å². The lowest BCUT2D eigenvalue weighted by atomic mass is 10.1. The zero-order chi connectivity index (χ0) is 28.2. The van der Waals surface area contributed by atoms with Crippen molar-refractivity contribution in [3.8, 4) is 17.2 Å². The van der Waals surface area contributed by atoms with Crippen molar-refractivity contribution in [2.24, 2.45) is 7.05 Å². The van der Waals surface area contributed by atoms with E-state index in [4.69, 9.17) is 14.5 Å². The van der Waals surface area contributed by atoms with Gasteiger partial charge in [0.1, 0.15) is 29.7 Å². The van der Waals surface area contributed by atoms with E-state index in [-0.39, 0.29) is 16.4 Å². The van der Waals surface area contributed by atoms with E-state index < -0.39 is 0 Å². The topological polar surface area (TPSA) is 85.7 Å². The number of amides is 2. The zero-order valence-electron chi connectivity index (χ0n) is 23.2. The third-order valence-electron chi connectivity index (χ3n) is 7.27. The summed E-state index contributed by atoms with van der Waals surface area (Å²) in [6.07, 6.45) is 1.58. The average molecular weight is 559 g/mol. The Balaban J connectivity index is 1.24. The molecule has 8 nitrogen and oxygen atoms in total. The fraction of sp³-hybridized carbons (Fsp3) is 0.323. The predicted molar refractivity (Wildman–Crippen MR) is 159 cm³/mol. The second-order valence-corrected chi connectivity index (χ2v) is 11.1. The summed E-state index contributed by atoms with van der Waals surface area (Å²) < 4.78 is 14.3. The van der Waals surface area contributed by atoms with E-state index in [9.17, 15) is 9.59 Å². The lowest BCUT2D eigenvalue weighted by Crippen LogP contribution is -2.32. The number of carbonyl (C=O) groups is 2. The number of hydrogen-bond acceptors (Lipinski definition) is 7. The highest BCUT2D eigenvalue weighted by molar-refractivity contribution is 8.15. The monoisotopic (exact) mass is 558 g/mol. The molecule has 0 saturated carbocycles. The fourth-order valence-corrected chi connectivity index (χ4v) is 5.71. The Morgan fingerprint density at radius 3 is 2.48 bits per heavy atom. The highest BCUT2D eigenvalue weighted by atomic mass is 32.2. The number of rotatable bonds is 11. The zero-order valence-corrected chi connectivity index (χ0v) is 24.0. The third-order valence-corrected chi connectivity index (χ3v) is 8.25. The minimum atomic E-state index is -0.382. The van der Waals surface area contributed by atoms with Gasteiger partial charge in [-0.2, -0.15) is 0 Å². The first-order chi connectivity index (χ1) is 19.3. The van der Waals surface area contributed by atoms with E-state index in [0.29, 0.717) is 24.8 Å². The molecule has 0 spiro atoms. The standard InChI is InChI=1S/C31H34N4O4S/c1-5-20(3)35(6-2)22-8-7-9-24(17-22)39-25-14-15-26-27(18-25)34(4)29(32-26)19-38-23-12-10-21(11-13-23)16-28-30(36)33-31(37)40-28/h7-15,17-18,20,28H,5-6,16,19H2,1-4H3,(H,33,36,37). The maximum absolute atomic E-state index is 11.8. The molecule has 1 aliphatic heterocycles. The summed E-state index contributed by atoms with van der Waals surface area (Å²) in [5, 5.41) is 1.66. The number of anilines is 1. The number of hydrogen-bond donors (Lipinski definition) is 1. The van der Waals surface area contributed by atoms with Crippen molar-refractivity contribution in [1.29, 1.82) is 0 Å². The molecule has 5 rings (SSSR count). The second-order valence-electron chi connectivity index (χ2n) is 9.90. The average Bonchev–Trinajstić information content (AvgIpc) is 3.45. The van der Waals surface area contributed by atoms with Crippen LogP contribution in [0.3, 0.4) is 0 Å². The largest absolute Gasteiger partial charge is 0.486 e. The Hall–Kier alpha value is -3.98. The molecule has 1 saturated heterocycles. The van der Waals surface area contributed by atoms with Crippen molar-refractivity contribution in [3.05, 3.63) is 78.1 Å². The number of thioether (sulfide) groups is 1. The molecule has 2 atom stereocenters. The van der Waals surface area contributed by atoms with E-state index in [1.165, 1.54) is 0 Å². The van der Waals surface area contributed by atoms with Crippen molar-refractivity contribution in [1.82, 2.24) is 14.9 Å². The molecular weight excluding hydrogens is 524 g/mol. The summed E-state index contributed by atoms with van der Waals surface area (Å²) in [5.74, 6) is 2.81. The van der Waals surface area contributed by atoms with Crippen molar-refractivity contribution in [3.63, 3.8) is 0 Å². The van der Waals surface area contributed by atoms with Crippen LogP contribution >= 0.6 is 11.8 Å². The Morgan fingerprint density at radius 2 is 1.77 bits per heavy atom. The van der Waals surface area contributed by atoms with Gasteiger partial charge >= 0.3 is 0 Å². The molecule has 2 amide bonds. The SMILES string of the molecule is CCC(C)N(CC)c1cccc(Oc2ccc3nc(COc4ccc(CC5SC(=O)NC5=O)cc4)n(C)c3c2)c1. The van der Waals surface area contributed by atoms with E-state index in [2.05, 4.69) is 43.1 Å². The van der Waals surface area contributed by atoms with Crippen LogP contribution in [0.25, 0.3) is 11.0 Å². The molecule has 1 aromatic heterocycles. The van der Waals surface area contributed by atoms with Gasteiger partial charge in [0.25, 0.3) is 5.24 Å². The van der Waals surface area contributed by atoms with Gasteiger partial charge in [-0.25, -0.2) is 4.98 Å². The van der Waals surface area contributed by atoms with Crippen molar-refractivity contribution >= 4 is 39.6 Å². The number of fused-ring (bicyclic) bond motifs is 1. The molecule has 4 aromatic rings. The quantitative estimate of drug-likeness (QED) is 0.226. The van der Waals surface area contributed by atoms with E-state index in [1.807, 2.05) is 66.2 Å². The molecule has 40 heavy (non-hydrogen) atoms. The summed E-state index contributed by atoms with van der Waals surface area (Å²) in [4.78, 5) is 30.3. The van der Waals surface area contributed by atoms with Gasteiger partial charge in [-0.3, -0.25) is 14.9 Å². The van der Waals surface area contributed by atoms with Gasteiger partial charge in [0.15, 0.2) is 0 Å². The third kappa shape index (κ3) is 6.09. The smallest absolute Gasteiger partial charge is 0.286 e. The highest BCUT2D eigenvalue weighted by Crippen LogP contribution is 2.30. The number of nitrogens with one attached hydrogen (secondary N) is 1. The number of imide groups is 1. The Kier molecular flexibility index (Phi) is 8.30. The first-order valence-electron chi connectivity index (χ1n) is 13.6. The number of ether oxygens (including phenoxy) is 2. The lowest BCUT2D eigenvalue weighted by Gasteiger charge is -2.29. The molecule has 9 heteroatoms. The van der Waals surface area contributed by atoms with Gasteiger partial charge in [0, 0.05) is 37.5 Å². The Bertz CT molecular complexity index is 1520. The minimum Gasteiger partial charge on any atom is -0.486 e. The van der Waals surface area contributed by atoms with Crippen LogP contribution in [0.2, 0.25) is 0 Å². The molecule has 1 fully saturated rings. The number of carbonyl (C=O) groups excluding carboxylic acids is 2. The maximum atomic E-state index is 11.8. The van der Waals surface area contributed by atoms with Crippen molar-refractivity contribution in [2.45, 2.75) is 51.5 Å². The van der Waals surface area contributed by atoms with Crippen molar-refractivity contribution in [2.75, 3.05) is 11.4 Å². The predicted octanol–water partition coefficient (Wildman–Crippen LogP) is 6.46. The van der Waals surface area contributed by atoms with Crippen LogP contribution < -0.4 is 19.7 Å². The normalized spacial score (nSPS) is 15.8. The first-order valence-corrected chi connectivity index (χ1v) is 14.5. The minimum absolute atomic E-state index is 0.232. The summed E-state index contributed by atoms with van der Waals surface area (Å²) >= 11 is 1.04. The summed E-state index contributed by atoms with van der Waals surface area (Å²) in [7, 11) is 1.97. The molecule has 208 valence electrons. The van der Waals surface area contributed by atoms with E-state index in [0.717, 1.165) is 64.3 Å². The number of aromatic nitrogens is 2. The molecule has 2 heterocycles. The number of imidazole rings is 1. The fourth-order valence-electron chi connectivity index (χ4n) is 4.85. The van der Waals surface area contributed by atoms with E-state index >= 15 is 0 Å². The summed E-state index contributed by atoms with van der Waals surface area (Å²) in [6.45, 7) is 7.87. The van der Waals surface area contributed by atoms with Crippen LogP contribution in [-0.2, 0) is 24.9 Å². The second kappa shape index (κ2) is 12.0. The Labute approximate surface area is 238 Å². The van der Waals surface area contributed by atoms with Gasteiger partial charge in [0.05, 0.1) is 16.3 Å². The van der Waals surface area contributed by atoms with Crippen LogP contribution in [-0.4, -0.2) is 38.5 Å². The number of nitrogens with zero attached hydrogens (tertiary/aromatic N) is 3. The van der Waals surface area contributed by atoms with Crippen molar-refractivity contribution < 1.29 is 19.1 Å². The number of benzene rings is 3. The van der Waals surface area contributed by atoms with Crippen LogP contribution in [0.5, 0.6) is 17.2 Å². The Morgan fingerprint density at radius 1 is 1.02 bits per heavy atom. The molecule has 0 aliphatic carbocycles. The molecule has 1 N–H and O–H groups in total. The van der Waals surface area contributed by atoms with Gasteiger partial charge in [-0.1, -0.05) is 36.9 Å². The maximum Gasteiger partial charge on any atom is 0.286 e. The van der Waals surface area contributed by atoms with Crippen LogP contribution in [0, 0.1) is 0 Å². The summed E-state index contributed by atoms with van der Waals surface area (Å²) in [5.41, 5.74) is 3.95. The highest BCUT2D eigenvalue weighted by Gasteiger charge is 2.31. The van der Waals surface area contributed by atoms with Gasteiger partial charge in [0.2, 0.25) is 5.91 Å². The summed E-state index contributed by atoms with van der Waals surface area (Å²) in [6, 6.07) is 22.2. The molecule has 3 aromatic carbocycles. The molecular formula is C31H34N4O4S. The molecule has 2 unspecified atom stereocenters. The van der Waals surface area contributed by atoms with Gasteiger partial charge in [-0.15, -0.1) is 0 Å². The number of aryl methyl sites for hydroxylation is 1. The molecule has 0 radical (unpaired) electrons. The van der Waals surface area contributed by atoms with E-state index in [1.54, 1.807) is 0 Å². The van der Waals surface area contributed by atoms with Crippen LogP contribution in [0.15, 0.2) is 66.7 Å². The lowest BCUT2D eigenvalue weighted by molar-refractivity contribution is -0.118. The molecule has 0 bridgehead atoms. The molecule has 1 aliphatic rings. The van der Waals surface area contributed by atoms with Crippen LogP contribution in [0.1, 0.15) is 38.6 Å². The first kappa shape index (κ1) is 27.6. The van der Waals surface area contributed by atoms with Gasteiger partial charge < -0.3 is 18.9 Å².